The van der Waals surface area contributed by atoms with Crippen LogP contribution in [0, 0.1) is 0 Å². The van der Waals surface area contributed by atoms with Gasteiger partial charge in [-0.05, 0) is 55.3 Å². The maximum atomic E-state index is 12.4. The summed E-state index contributed by atoms with van der Waals surface area (Å²) in [5, 5.41) is 0. The van der Waals surface area contributed by atoms with Crippen LogP contribution in [0.1, 0.15) is 29.3 Å². The molecule has 0 N–H and O–H groups in total. The SMILES string of the molecule is COc1ccc(C(=O)C(C)OC(=O)CCc2ccc(OC)c(OC)c2)cc1. The summed E-state index contributed by atoms with van der Waals surface area (Å²) < 4.78 is 20.8. The number of benzene rings is 2. The van der Waals surface area contributed by atoms with Gasteiger partial charge in [-0.2, -0.15) is 0 Å². The molecule has 2 aromatic rings. The number of hydrogen-bond donors (Lipinski definition) is 0. The third-order valence-electron chi connectivity index (χ3n) is 4.12. The molecule has 6 heteroatoms. The fourth-order valence-electron chi connectivity index (χ4n) is 2.58. The highest BCUT2D eigenvalue weighted by Gasteiger charge is 2.19. The molecule has 2 rings (SSSR count). The molecule has 6 nitrogen and oxygen atoms in total. The molecule has 0 amide bonds. The molecule has 1 atom stereocenters. The number of carbonyl (C=O) groups excluding carboxylic acids is 2. The number of ketones is 1. The van der Waals surface area contributed by atoms with Crippen molar-refractivity contribution in [1.29, 1.82) is 0 Å². The molecule has 0 aliphatic rings. The van der Waals surface area contributed by atoms with E-state index < -0.39 is 12.1 Å². The van der Waals surface area contributed by atoms with E-state index in [1.807, 2.05) is 12.1 Å². The maximum absolute atomic E-state index is 12.4. The molecule has 2 aromatic carbocycles. The quantitative estimate of drug-likeness (QED) is 0.496. The van der Waals surface area contributed by atoms with Crippen molar-refractivity contribution < 1.29 is 28.5 Å². The fourth-order valence-corrected chi connectivity index (χ4v) is 2.58. The Morgan fingerprint density at radius 3 is 2.15 bits per heavy atom. The minimum atomic E-state index is -0.851. The van der Waals surface area contributed by atoms with Crippen LogP contribution < -0.4 is 14.2 Å². The number of aryl methyl sites for hydroxylation is 1. The van der Waals surface area contributed by atoms with Crippen LogP contribution in [0.3, 0.4) is 0 Å². The normalized spacial score (nSPS) is 11.4. The lowest BCUT2D eigenvalue weighted by molar-refractivity contribution is -0.146. The Morgan fingerprint density at radius 2 is 1.56 bits per heavy atom. The van der Waals surface area contributed by atoms with Crippen molar-refractivity contribution in [1.82, 2.24) is 0 Å². The first-order chi connectivity index (χ1) is 13.0. The van der Waals surface area contributed by atoms with Gasteiger partial charge >= 0.3 is 5.97 Å². The standard InChI is InChI=1S/C21H24O6/c1-14(21(23)16-7-9-17(24-2)10-8-16)27-20(22)12-6-15-5-11-18(25-3)19(13-15)26-4/h5,7-11,13-14H,6,12H2,1-4H3. The van der Waals surface area contributed by atoms with E-state index in [0.717, 1.165) is 5.56 Å². The highest BCUT2D eigenvalue weighted by atomic mass is 16.5. The summed E-state index contributed by atoms with van der Waals surface area (Å²) in [7, 11) is 4.68. The van der Waals surface area contributed by atoms with Gasteiger partial charge < -0.3 is 18.9 Å². The monoisotopic (exact) mass is 372 g/mol. The number of rotatable bonds is 9. The Bertz CT molecular complexity index is 782. The smallest absolute Gasteiger partial charge is 0.306 e. The van der Waals surface area contributed by atoms with Gasteiger partial charge in [-0.15, -0.1) is 0 Å². The highest BCUT2D eigenvalue weighted by Crippen LogP contribution is 2.28. The minimum absolute atomic E-state index is 0.162. The third-order valence-corrected chi connectivity index (χ3v) is 4.12. The average Bonchev–Trinajstić information content (AvgIpc) is 2.71. The van der Waals surface area contributed by atoms with Crippen LogP contribution >= 0.6 is 0 Å². The van der Waals surface area contributed by atoms with Crippen molar-refractivity contribution in [2.45, 2.75) is 25.9 Å². The van der Waals surface area contributed by atoms with Crippen molar-refractivity contribution in [3.63, 3.8) is 0 Å². The Balaban J connectivity index is 1.89. The first kappa shape index (κ1) is 20.3. The van der Waals surface area contributed by atoms with E-state index in [2.05, 4.69) is 0 Å². The van der Waals surface area contributed by atoms with Crippen molar-refractivity contribution in [2.75, 3.05) is 21.3 Å². The van der Waals surface area contributed by atoms with Crippen LogP contribution in [0.25, 0.3) is 0 Å². The van der Waals surface area contributed by atoms with Gasteiger partial charge in [-0.1, -0.05) is 6.07 Å². The van der Waals surface area contributed by atoms with Gasteiger partial charge in [0.2, 0.25) is 5.78 Å². The lowest BCUT2D eigenvalue weighted by Gasteiger charge is -2.13. The van der Waals surface area contributed by atoms with Crippen LogP contribution in [0.15, 0.2) is 42.5 Å². The number of hydrogen-bond acceptors (Lipinski definition) is 6. The molecule has 0 aromatic heterocycles. The Hall–Kier alpha value is -3.02. The molecule has 0 fully saturated rings. The summed E-state index contributed by atoms with van der Waals surface area (Å²) in [4.78, 5) is 24.4. The first-order valence-electron chi connectivity index (χ1n) is 8.57. The number of methoxy groups -OCH3 is 3. The van der Waals surface area contributed by atoms with E-state index in [1.165, 1.54) is 0 Å². The van der Waals surface area contributed by atoms with Crippen LogP contribution in [0.2, 0.25) is 0 Å². The summed E-state index contributed by atoms with van der Waals surface area (Å²) in [6, 6.07) is 12.1. The largest absolute Gasteiger partial charge is 0.497 e. The van der Waals surface area contributed by atoms with Crippen molar-refractivity contribution in [3.8, 4) is 17.2 Å². The molecule has 0 aliphatic heterocycles. The van der Waals surface area contributed by atoms with Gasteiger partial charge in [0.05, 0.1) is 21.3 Å². The summed E-state index contributed by atoms with van der Waals surface area (Å²) in [6.45, 7) is 1.57. The molecule has 0 spiro atoms. The zero-order chi connectivity index (χ0) is 19.8. The van der Waals surface area contributed by atoms with Crippen molar-refractivity contribution >= 4 is 11.8 Å². The van der Waals surface area contributed by atoms with Crippen LogP contribution in [-0.4, -0.2) is 39.2 Å². The van der Waals surface area contributed by atoms with Gasteiger partial charge in [-0.3, -0.25) is 9.59 Å². The molecule has 0 heterocycles. The summed E-state index contributed by atoms with van der Waals surface area (Å²) in [5.74, 6) is 1.20. The van der Waals surface area contributed by atoms with Gasteiger partial charge in [0.1, 0.15) is 5.75 Å². The summed E-state index contributed by atoms with van der Waals surface area (Å²) in [5.41, 5.74) is 1.38. The molecule has 0 bridgehead atoms. The average molecular weight is 372 g/mol. The second-order valence-electron chi connectivity index (χ2n) is 5.91. The number of esters is 1. The fraction of sp³-hybridized carbons (Fsp3) is 0.333. The van der Waals surface area contributed by atoms with Gasteiger partial charge in [0, 0.05) is 12.0 Å². The number of ether oxygens (including phenoxy) is 4. The predicted octanol–water partition coefficient (Wildman–Crippen LogP) is 3.46. The predicted molar refractivity (Wildman–Crippen MR) is 101 cm³/mol. The third kappa shape index (κ3) is 5.48. The van der Waals surface area contributed by atoms with E-state index in [1.54, 1.807) is 58.6 Å². The zero-order valence-corrected chi connectivity index (χ0v) is 16.0. The van der Waals surface area contributed by atoms with E-state index in [0.29, 0.717) is 29.2 Å². The molecule has 0 saturated heterocycles. The second-order valence-corrected chi connectivity index (χ2v) is 5.91. The molecule has 144 valence electrons. The van der Waals surface area contributed by atoms with E-state index in [9.17, 15) is 9.59 Å². The molecule has 0 saturated carbocycles. The van der Waals surface area contributed by atoms with Crippen molar-refractivity contribution in [2.24, 2.45) is 0 Å². The van der Waals surface area contributed by atoms with Crippen LogP contribution in [0.4, 0.5) is 0 Å². The molecular weight excluding hydrogens is 348 g/mol. The lowest BCUT2D eigenvalue weighted by atomic mass is 10.1. The lowest BCUT2D eigenvalue weighted by Crippen LogP contribution is -2.24. The second kappa shape index (κ2) is 9.62. The van der Waals surface area contributed by atoms with Gasteiger partial charge in [0.25, 0.3) is 0 Å². The highest BCUT2D eigenvalue weighted by molar-refractivity contribution is 6.00. The number of carbonyl (C=O) groups is 2. The van der Waals surface area contributed by atoms with Gasteiger partial charge in [0.15, 0.2) is 17.6 Å². The molecule has 1 unspecified atom stereocenters. The summed E-state index contributed by atoms with van der Waals surface area (Å²) >= 11 is 0. The van der Waals surface area contributed by atoms with Crippen LogP contribution in [0.5, 0.6) is 17.2 Å². The van der Waals surface area contributed by atoms with E-state index in [4.69, 9.17) is 18.9 Å². The Kier molecular flexibility index (Phi) is 7.23. The van der Waals surface area contributed by atoms with E-state index >= 15 is 0 Å². The Morgan fingerprint density at radius 1 is 0.889 bits per heavy atom. The molecule has 0 radical (unpaired) electrons. The summed E-state index contributed by atoms with van der Waals surface area (Å²) in [6.07, 6.45) is -0.213. The number of Topliss-reactive ketones (excluding diaryl/α,β-unsaturated/α-hetero) is 1. The molecule has 27 heavy (non-hydrogen) atoms. The van der Waals surface area contributed by atoms with Gasteiger partial charge in [-0.25, -0.2) is 0 Å². The minimum Gasteiger partial charge on any atom is -0.497 e. The van der Waals surface area contributed by atoms with Crippen molar-refractivity contribution in [3.05, 3.63) is 53.6 Å². The molecule has 0 aliphatic carbocycles. The Labute approximate surface area is 159 Å². The topological polar surface area (TPSA) is 71.1 Å². The molecular formula is C21H24O6. The van der Waals surface area contributed by atoms with E-state index in [-0.39, 0.29) is 12.2 Å². The van der Waals surface area contributed by atoms with Crippen LogP contribution in [-0.2, 0) is 16.0 Å². The first-order valence-corrected chi connectivity index (χ1v) is 8.57. The zero-order valence-electron chi connectivity index (χ0n) is 16.0. The maximum Gasteiger partial charge on any atom is 0.306 e.